The summed E-state index contributed by atoms with van der Waals surface area (Å²) in [6, 6.07) is 0.835. The van der Waals surface area contributed by atoms with Gasteiger partial charge in [-0.25, -0.2) is 5.84 Å². The average molecular weight is 258 g/mol. The van der Waals surface area contributed by atoms with Gasteiger partial charge in [-0.3, -0.25) is 10.2 Å². The highest BCUT2D eigenvalue weighted by molar-refractivity contribution is 6.32. The molecule has 0 aliphatic heterocycles. The molecule has 94 valence electrons. The van der Waals surface area contributed by atoms with Crippen LogP contribution in [0.4, 0.5) is 0 Å². The van der Waals surface area contributed by atoms with Crippen LogP contribution in [0.2, 0.25) is 5.02 Å². The third-order valence-corrected chi connectivity index (χ3v) is 3.23. The number of methoxy groups -OCH3 is 1. The van der Waals surface area contributed by atoms with Crippen molar-refractivity contribution in [1.82, 2.24) is 5.43 Å². The van der Waals surface area contributed by atoms with Crippen LogP contribution >= 0.6 is 11.6 Å². The van der Waals surface area contributed by atoms with Crippen molar-refractivity contribution >= 4 is 17.5 Å². The summed E-state index contributed by atoms with van der Waals surface area (Å²) in [5.41, 5.74) is 9.96. The highest BCUT2D eigenvalue weighted by Crippen LogP contribution is 2.34. The fraction of sp³-hybridized carbons (Fsp3) is 0.364. The van der Waals surface area contributed by atoms with E-state index in [0.29, 0.717) is 16.3 Å². The summed E-state index contributed by atoms with van der Waals surface area (Å²) in [7, 11) is 1.51. The predicted molar refractivity (Wildman–Crippen MR) is 66.7 cm³/mol. The van der Waals surface area contributed by atoms with Crippen LogP contribution in [-0.4, -0.2) is 13.0 Å². The van der Waals surface area contributed by atoms with E-state index in [2.05, 4.69) is 0 Å². The highest BCUT2D eigenvalue weighted by atomic mass is 35.5. The summed E-state index contributed by atoms with van der Waals surface area (Å²) in [6.45, 7) is 3.65. The number of benzene rings is 1. The molecule has 5 N–H and O–H groups in total. The first-order chi connectivity index (χ1) is 7.93. The number of hydrogen-bond donors (Lipinski definition) is 3. The molecule has 0 radical (unpaired) electrons. The second kappa shape index (κ2) is 5.35. The summed E-state index contributed by atoms with van der Waals surface area (Å²) in [6.07, 6.45) is 0. The van der Waals surface area contributed by atoms with Crippen LogP contribution in [0.1, 0.15) is 22.7 Å². The largest absolute Gasteiger partial charge is 0.496 e. The Hall–Kier alpha value is -1.30. The van der Waals surface area contributed by atoms with Crippen LogP contribution in [0, 0.1) is 13.8 Å². The van der Waals surface area contributed by atoms with Crippen LogP contribution in [0.5, 0.6) is 5.75 Å². The molecule has 0 saturated heterocycles. The zero-order valence-corrected chi connectivity index (χ0v) is 10.8. The van der Waals surface area contributed by atoms with Gasteiger partial charge in [0, 0.05) is 10.6 Å². The number of carbonyl (C=O) groups is 1. The third kappa shape index (κ3) is 2.52. The number of nitrogens with one attached hydrogen (secondary N) is 1. The summed E-state index contributed by atoms with van der Waals surface area (Å²) < 4.78 is 5.22. The fourth-order valence-corrected chi connectivity index (χ4v) is 1.87. The molecule has 1 rings (SSSR count). The van der Waals surface area contributed by atoms with E-state index in [9.17, 15) is 4.79 Å². The Bertz CT molecular complexity index is 449. The topological polar surface area (TPSA) is 90.4 Å². The second-order valence-corrected chi connectivity index (χ2v) is 4.11. The molecule has 0 heterocycles. The number of aryl methyl sites for hydroxylation is 1. The lowest BCUT2D eigenvalue weighted by Gasteiger charge is -2.19. The lowest BCUT2D eigenvalue weighted by Crippen LogP contribution is -2.38. The van der Waals surface area contributed by atoms with Gasteiger partial charge in [-0.05, 0) is 31.0 Å². The summed E-state index contributed by atoms with van der Waals surface area (Å²) in [4.78, 5) is 11.5. The van der Waals surface area contributed by atoms with Gasteiger partial charge >= 0.3 is 0 Å². The van der Waals surface area contributed by atoms with Gasteiger partial charge in [0.15, 0.2) is 0 Å². The number of amides is 1. The Morgan fingerprint density at radius 2 is 2.12 bits per heavy atom. The van der Waals surface area contributed by atoms with Gasteiger partial charge in [0.2, 0.25) is 0 Å². The minimum absolute atomic E-state index is 0.494. The zero-order valence-electron chi connectivity index (χ0n) is 10.0. The first kappa shape index (κ1) is 13.8. The monoisotopic (exact) mass is 257 g/mol. The number of carbonyl (C=O) groups excluding carboxylic acids is 1. The van der Waals surface area contributed by atoms with Gasteiger partial charge < -0.3 is 10.5 Å². The van der Waals surface area contributed by atoms with Gasteiger partial charge in [-0.1, -0.05) is 11.6 Å². The van der Waals surface area contributed by atoms with E-state index >= 15 is 0 Å². The molecular formula is C11H16ClN3O2. The number of rotatable bonds is 3. The maximum absolute atomic E-state index is 11.5. The SMILES string of the molecule is COc1cc(C)c(Cl)c(C)c1C(N)C(=O)NN. The normalized spacial score (nSPS) is 12.1. The van der Waals surface area contributed by atoms with Crippen molar-refractivity contribution in [3.05, 3.63) is 27.8 Å². The Kier molecular flexibility index (Phi) is 4.34. The van der Waals surface area contributed by atoms with Crippen molar-refractivity contribution in [3.63, 3.8) is 0 Å². The maximum atomic E-state index is 11.5. The molecular weight excluding hydrogens is 242 g/mol. The number of hydrogen-bond acceptors (Lipinski definition) is 4. The first-order valence-corrected chi connectivity index (χ1v) is 5.41. The molecule has 1 atom stereocenters. The predicted octanol–water partition coefficient (Wildman–Crippen LogP) is 0.955. The summed E-state index contributed by atoms with van der Waals surface area (Å²) >= 11 is 6.13. The Morgan fingerprint density at radius 3 is 2.59 bits per heavy atom. The molecule has 1 aromatic carbocycles. The first-order valence-electron chi connectivity index (χ1n) is 5.03. The van der Waals surface area contributed by atoms with E-state index in [0.717, 1.165) is 11.1 Å². The van der Waals surface area contributed by atoms with Crippen molar-refractivity contribution in [1.29, 1.82) is 0 Å². The smallest absolute Gasteiger partial charge is 0.255 e. The average Bonchev–Trinajstić information content (AvgIpc) is 2.33. The van der Waals surface area contributed by atoms with Crippen LogP contribution in [0.25, 0.3) is 0 Å². The van der Waals surface area contributed by atoms with Gasteiger partial charge in [-0.15, -0.1) is 0 Å². The van der Waals surface area contributed by atoms with E-state index in [1.165, 1.54) is 7.11 Å². The Labute approximate surface area is 105 Å². The molecule has 1 unspecified atom stereocenters. The van der Waals surface area contributed by atoms with Crippen molar-refractivity contribution in [2.75, 3.05) is 7.11 Å². The summed E-state index contributed by atoms with van der Waals surface area (Å²) in [5, 5.41) is 0.570. The van der Waals surface area contributed by atoms with Gasteiger partial charge in [0.25, 0.3) is 5.91 Å². The van der Waals surface area contributed by atoms with E-state index in [4.69, 9.17) is 27.9 Å². The minimum Gasteiger partial charge on any atom is -0.496 e. The molecule has 1 amide bonds. The molecule has 0 aliphatic rings. The molecule has 0 spiro atoms. The highest BCUT2D eigenvalue weighted by Gasteiger charge is 2.23. The van der Waals surface area contributed by atoms with Gasteiger partial charge in [-0.2, -0.15) is 0 Å². The molecule has 0 aliphatic carbocycles. The molecule has 6 heteroatoms. The van der Waals surface area contributed by atoms with E-state index in [1.54, 1.807) is 13.0 Å². The molecule has 0 saturated carbocycles. The number of hydrazine groups is 1. The standard InChI is InChI=1S/C11H16ClN3O2/c1-5-4-7(17-3)8(6(2)9(5)12)10(13)11(16)15-14/h4,10H,13-14H2,1-3H3,(H,15,16). The van der Waals surface area contributed by atoms with E-state index in [1.807, 2.05) is 12.3 Å². The van der Waals surface area contributed by atoms with Crippen molar-refractivity contribution < 1.29 is 9.53 Å². The Balaban J connectivity index is 3.40. The molecule has 0 fully saturated rings. The zero-order chi connectivity index (χ0) is 13.2. The fourth-order valence-electron chi connectivity index (χ4n) is 1.71. The van der Waals surface area contributed by atoms with Crippen LogP contribution in [-0.2, 0) is 4.79 Å². The number of ether oxygens (including phenoxy) is 1. The van der Waals surface area contributed by atoms with E-state index < -0.39 is 11.9 Å². The number of nitrogens with two attached hydrogens (primary N) is 2. The quantitative estimate of drug-likeness (QED) is 0.427. The molecule has 0 aromatic heterocycles. The molecule has 17 heavy (non-hydrogen) atoms. The second-order valence-electron chi connectivity index (χ2n) is 3.73. The van der Waals surface area contributed by atoms with Crippen molar-refractivity contribution in [2.45, 2.75) is 19.9 Å². The third-order valence-electron chi connectivity index (χ3n) is 2.65. The lowest BCUT2D eigenvalue weighted by molar-refractivity contribution is -0.122. The number of halogens is 1. The van der Waals surface area contributed by atoms with Crippen LogP contribution in [0.3, 0.4) is 0 Å². The van der Waals surface area contributed by atoms with Crippen molar-refractivity contribution in [2.24, 2.45) is 11.6 Å². The van der Waals surface area contributed by atoms with E-state index in [-0.39, 0.29) is 0 Å². The Morgan fingerprint density at radius 1 is 1.53 bits per heavy atom. The minimum atomic E-state index is -0.909. The van der Waals surface area contributed by atoms with Crippen LogP contribution < -0.4 is 21.7 Å². The summed E-state index contributed by atoms with van der Waals surface area (Å²) in [5.74, 6) is 5.10. The molecule has 0 bridgehead atoms. The van der Waals surface area contributed by atoms with Crippen LogP contribution in [0.15, 0.2) is 6.07 Å². The van der Waals surface area contributed by atoms with Gasteiger partial charge in [0.05, 0.1) is 7.11 Å². The molecule has 5 nitrogen and oxygen atoms in total. The molecule has 1 aromatic rings. The van der Waals surface area contributed by atoms with Gasteiger partial charge in [0.1, 0.15) is 11.8 Å². The van der Waals surface area contributed by atoms with Crippen molar-refractivity contribution in [3.8, 4) is 5.75 Å². The maximum Gasteiger partial charge on any atom is 0.255 e. The lowest BCUT2D eigenvalue weighted by atomic mass is 9.97.